The molecule has 0 aliphatic carbocycles. The van der Waals surface area contributed by atoms with Crippen LogP contribution in [-0.4, -0.2) is 23.9 Å². The topological polar surface area (TPSA) is 20.3 Å². The van der Waals surface area contributed by atoms with E-state index < -0.39 is 0 Å². The van der Waals surface area contributed by atoms with Crippen molar-refractivity contribution < 1.29 is 4.79 Å². The Morgan fingerprint density at radius 1 is 1.28 bits per heavy atom. The SMILES string of the molecule is CC1CCN(C(=O)c2cc(Br)ccc2Br)CC1C. The molecule has 18 heavy (non-hydrogen) atoms. The van der Waals surface area contributed by atoms with Gasteiger partial charge in [0.05, 0.1) is 5.56 Å². The van der Waals surface area contributed by atoms with E-state index in [1.807, 2.05) is 23.1 Å². The highest BCUT2D eigenvalue weighted by Crippen LogP contribution is 2.27. The molecule has 1 amide bonds. The minimum absolute atomic E-state index is 0.127. The number of nitrogens with zero attached hydrogens (tertiary/aromatic N) is 1. The highest BCUT2D eigenvalue weighted by molar-refractivity contribution is 9.11. The molecule has 0 aromatic heterocycles. The molecule has 0 saturated carbocycles. The Morgan fingerprint density at radius 2 is 2.00 bits per heavy atom. The molecule has 2 atom stereocenters. The van der Waals surface area contributed by atoms with Crippen molar-refractivity contribution in [1.29, 1.82) is 0 Å². The predicted molar refractivity (Wildman–Crippen MR) is 80.7 cm³/mol. The van der Waals surface area contributed by atoms with Crippen LogP contribution in [0.15, 0.2) is 27.1 Å². The zero-order valence-corrected chi connectivity index (χ0v) is 13.8. The van der Waals surface area contributed by atoms with Gasteiger partial charge in [-0.1, -0.05) is 29.8 Å². The number of carbonyl (C=O) groups excluding carboxylic acids is 1. The van der Waals surface area contributed by atoms with Crippen LogP contribution in [0.1, 0.15) is 30.6 Å². The van der Waals surface area contributed by atoms with E-state index in [0.717, 1.165) is 34.0 Å². The first-order chi connectivity index (χ1) is 8.49. The first kappa shape index (κ1) is 14.1. The van der Waals surface area contributed by atoms with Crippen molar-refractivity contribution in [3.05, 3.63) is 32.7 Å². The second-order valence-corrected chi connectivity index (χ2v) is 6.89. The van der Waals surface area contributed by atoms with Gasteiger partial charge in [0.25, 0.3) is 5.91 Å². The molecule has 2 unspecified atom stereocenters. The third-order valence-corrected chi connectivity index (χ3v) is 4.96. The second kappa shape index (κ2) is 5.74. The van der Waals surface area contributed by atoms with E-state index in [1.54, 1.807) is 0 Å². The Morgan fingerprint density at radius 3 is 2.67 bits per heavy atom. The average molecular weight is 375 g/mol. The maximum Gasteiger partial charge on any atom is 0.255 e. The number of benzene rings is 1. The van der Waals surface area contributed by atoms with Gasteiger partial charge in [-0.25, -0.2) is 0 Å². The fourth-order valence-corrected chi connectivity index (χ4v) is 3.06. The maximum absolute atomic E-state index is 12.5. The fourth-order valence-electron chi connectivity index (χ4n) is 2.28. The van der Waals surface area contributed by atoms with Crippen LogP contribution in [0.4, 0.5) is 0 Å². The minimum Gasteiger partial charge on any atom is -0.338 e. The molecule has 2 rings (SSSR count). The Labute approximate surface area is 125 Å². The van der Waals surface area contributed by atoms with Crippen LogP contribution in [0, 0.1) is 11.8 Å². The van der Waals surface area contributed by atoms with Crippen LogP contribution in [-0.2, 0) is 0 Å². The molecule has 1 saturated heterocycles. The van der Waals surface area contributed by atoms with Crippen LogP contribution >= 0.6 is 31.9 Å². The van der Waals surface area contributed by atoms with Crippen molar-refractivity contribution >= 4 is 37.8 Å². The zero-order valence-electron chi connectivity index (χ0n) is 10.6. The Balaban J connectivity index is 2.19. The quantitative estimate of drug-likeness (QED) is 0.716. The molecular formula is C14H17Br2NO. The largest absolute Gasteiger partial charge is 0.338 e. The zero-order chi connectivity index (χ0) is 13.3. The van der Waals surface area contributed by atoms with Gasteiger partial charge in [0.15, 0.2) is 0 Å². The van der Waals surface area contributed by atoms with Crippen LogP contribution in [0.3, 0.4) is 0 Å². The van der Waals surface area contributed by atoms with Crippen molar-refractivity contribution in [3.63, 3.8) is 0 Å². The van der Waals surface area contributed by atoms with Gasteiger partial charge in [0.2, 0.25) is 0 Å². The smallest absolute Gasteiger partial charge is 0.255 e. The molecule has 1 aliphatic rings. The van der Waals surface area contributed by atoms with Crippen LogP contribution in [0.5, 0.6) is 0 Å². The van der Waals surface area contributed by atoms with Gasteiger partial charge in [-0.15, -0.1) is 0 Å². The molecule has 0 bridgehead atoms. The van der Waals surface area contributed by atoms with E-state index >= 15 is 0 Å². The number of rotatable bonds is 1. The van der Waals surface area contributed by atoms with Crippen LogP contribution in [0.2, 0.25) is 0 Å². The number of hydrogen-bond acceptors (Lipinski definition) is 1. The van der Waals surface area contributed by atoms with E-state index in [1.165, 1.54) is 0 Å². The number of halogens is 2. The first-order valence-corrected chi connectivity index (χ1v) is 7.82. The lowest BCUT2D eigenvalue weighted by Gasteiger charge is -2.35. The predicted octanol–water partition coefficient (Wildman–Crippen LogP) is 4.33. The van der Waals surface area contributed by atoms with Gasteiger partial charge in [0.1, 0.15) is 0 Å². The third-order valence-electron chi connectivity index (χ3n) is 3.78. The third kappa shape index (κ3) is 2.97. The normalized spacial score (nSPS) is 24.1. The Hall–Kier alpha value is -0.350. The standard InChI is InChI=1S/C14H17Br2NO/c1-9-5-6-17(8-10(9)2)14(18)12-7-11(15)3-4-13(12)16/h3-4,7,9-10H,5-6,8H2,1-2H3. The highest BCUT2D eigenvalue weighted by Gasteiger charge is 2.27. The van der Waals surface area contributed by atoms with Crippen LogP contribution in [0.25, 0.3) is 0 Å². The second-order valence-electron chi connectivity index (χ2n) is 5.12. The number of piperidine rings is 1. The number of amides is 1. The molecule has 1 fully saturated rings. The summed E-state index contributed by atoms with van der Waals surface area (Å²) in [5.41, 5.74) is 0.742. The van der Waals surface area contributed by atoms with Gasteiger partial charge in [-0.2, -0.15) is 0 Å². The first-order valence-electron chi connectivity index (χ1n) is 6.23. The summed E-state index contributed by atoms with van der Waals surface area (Å²) in [5.74, 6) is 1.41. The van der Waals surface area contributed by atoms with E-state index in [-0.39, 0.29) is 5.91 Å². The monoisotopic (exact) mass is 373 g/mol. The molecule has 1 heterocycles. The van der Waals surface area contributed by atoms with E-state index in [9.17, 15) is 4.79 Å². The van der Waals surface area contributed by atoms with Crippen LogP contribution < -0.4 is 0 Å². The highest BCUT2D eigenvalue weighted by atomic mass is 79.9. The number of carbonyl (C=O) groups is 1. The summed E-state index contributed by atoms with van der Waals surface area (Å²) in [6.45, 7) is 6.21. The van der Waals surface area contributed by atoms with E-state index in [2.05, 4.69) is 45.7 Å². The molecule has 0 spiro atoms. The molecular weight excluding hydrogens is 358 g/mol. The average Bonchev–Trinajstić information content (AvgIpc) is 2.35. The molecule has 4 heteroatoms. The number of likely N-dealkylation sites (tertiary alicyclic amines) is 1. The molecule has 1 aromatic rings. The Bertz CT molecular complexity index is 461. The molecule has 2 nitrogen and oxygen atoms in total. The molecule has 1 aliphatic heterocycles. The summed E-state index contributed by atoms with van der Waals surface area (Å²) in [7, 11) is 0. The summed E-state index contributed by atoms with van der Waals surface area (Å²) < 4.78 is 1.80. The van der Waals surface area contributed by atoms with Crippen molar-refractivity contribution in [2.75, 3.05) is 13.1 Å². The summed E-state index contributed by atoms with van der Waals surface area (Å²) in [6.07, 6.45) is 1.10. The number of hydrogen-bond donors (Lipinski definition) is 0. The van der Waals surface area contributed by atoms with Crippen molar-refractivity contribution in [2.24, 2.45) is 11.8 Å². The summed E-state index contributed by atoms with van der Waals surface area (Å²) in [6, 6.07) is 5.73. The van der Waals surface area contributed by atoms with Gasteiger partial charge < -0.3 is 4.90 Å². The summed E-state index contributed by atoms with van der Waals surface area (Å²) in [4.78, 5) is 14.5. The minimum atomic E-state index is 0.127. The van der Waals surface area contributed by atoms with E-state index in [4.69, 9.17) is 0 Å². The van der Waals surface area contributed by atoms with Crippen molar-refractivity contribution in [1.82, 2.24) is 4.90 Å². The Kier molecular flexibility index (Phi) is 4.49. The van der Waals surface area contributed by atoms with Gasteiger partial charge in [0, 0.05) is 22.0 Å². The van der Waals surface area contributed by atoms with Crippen molar-refractivity contribution in [2.45, 2.75) is 20.3 Å². The fraction of sp³-hybridized carbons (Fsp3) is 0.500. The molecule has 1 aromatic carbocycles. The molecule has 98 valence electrons. The lowest BCUT2D eigenvalue weighted by Crippen LogP contribution is -2.42. The molecule has 0 N–H and O–H groups in total. The summed E-state index contributed by atoms with van der Waals surface area (Å²) >= 11 is 6.87. The van der Waals surface area contributed by atoms with Crippen molar-refractivity contribution in [3.8, 4) is 0 Å². The van der Waals surface area contributed by atoms with Gasteiger partial charge in [-0.05, 0) is 52.4 Å². The molecule has 0 radical (unpaired) electrons. The lowest BCUT2D eigenvalue weighted by atomic mass is 9.88. The van der Waals surface area contributed by atoms with Gasteiger partial charge in [-0.3, -0.25) is 4.79 Å². The van der Waals surface area contributed by atoms with E-state index in [0.29, 0.717) is 11.8 Å². The maximum atomic E-state index is 12.5. The summed E-state index contributed by atoms with van der Waals surface area (Å²) in [5, 5.41) is 0. The van der Waals surface area contributed by atoms with Gasteiger partial charge >= 0.3 is 0 Å². The lowest BCUT2D eigenvalue weighted by molar-refractivity contribution is 0.0626.